The van der Waals surface area contributed by atoms with Crippen LogP contribution < -0.4 is 4.74 Å². The minimum atomic E-state index is -0.466. The molecule has 0 fully saturated rings. The molecule has 0 N–H and O–H groups in total. The van der Waals surface area contributed by atoms with Crippen molar-refractivity contribution in [1.82, 2.24) is 14.9 Å². The minimum Gasteiger partial charge on any atom is -0.490 e. The molecule has 3 heterocycles. The molecule has 0 aliphatic carbocycles. The number of methoxy groups -OCH3 is 1. The third kappa shape index (κ3) is 2.97. The van der Waals surface area contributed by atoms with Gasteiger partial charge in [0.2, 0.25) is 5.16 Å². The van der Waals surface area contributed by atoms with Gasteiger partial charge < -0.3 is 9.15 Å². The van der Waals surface area contributed by atoms with Crippen LogP contribution in [0.5, 0.6) is 5.75 Å². The molecule has 0 saturated carbocycles. The van der Waals surface area contributed by atoms with Crippen LogP contribution in [0, 0.1) is 24.0 Å². The number of nitro groups is 1. The van der Waals surface area contributed by atoms with E-state index in [4.69, 9.17) is 9.15 Å². The molecule has 3 aromatic rings. The summed E-state index contributed by atoms with van der Waals surface area (Å²) in [4.78, 5) is 10.8. The van der Waals surface area contributed by atoms with Crippen LogP contribution in [0.2, 0.25) is 0 Å². The molecule has 27 heavy (non-hydrogen) atoms. The molecule has 0 amide bonds. The van der Waals surface area contributed by atoms with Crippen molar-refractivity contribution in [1.29, 1.82) is 0 Å². The molecule has 0 atom stereocenters. The van der Waals surface area contributed by atoms with Gasteiger partial charge in [-0.25, -0.2) is 0 Å². The summed E-state index contributed by atoms with van der Waals surface area (Å²) in [6.45, 7) is 3.72. The Morgan fingerprint density at radius 1 is 1.30 bits per heavy atom. The molecule has 1 aliphatic heterocycles. The molecule has 10 heteroatoms. The Labute approximate surface area is 158 Å². The summed E-state index contributed by atoms with van der Waals surface area (Å²) in [5.74, 6) is 2.83. The lowest BCUT2D eigenvalue weighted by atomic mass is 10.1. The van der Waals surface area contributed by atoms with Crippen LogP contribution in [0.3, 0.4) is 0 Å². The van der Waals surface area contributed by atoms with Gasteiger partial charge in [0, 0.05) is 17.4 Å². The number of rotatable bonds is 4. The largest absolute Gasteiger partial charge is 0.490 e. The number of hydrogen-bond acceptors (Lipinski definition) is 8. The van der Waals surface area contributed by atoms with Crippen molar-refractivity contribution in [2.45, 2.75) is 19.0 Å². The van der Waals surface area contributed by atoms with Gasteiger partial charge in [-0.05, 0) is 32.0 Å². The molecule has 0 unspecified atom stereocenters. The molecule has 2 aromatic heterocycles. The molecule has 0 radical (unpaired) electrons. The van der Waals surface area contributed by atoms with Gasteiger partial charge in [0.1, 0.15) is 11.5 Å². The third-order valence-electron chi connectivity index (χ3n) is 4.16. The van der Waals surface area contributed by atoms with Gasteiger partial charge in [-0.15, -0.1) is 10.2 Å². The smallest absolute Gasteiger partial charge is 0.311 e. The number of benzene rings is 1. The second-order valence-corrected chi connectivity index (χ2v) is 6.87. The number of nitro benzene ring substituents is 1. The van der Waals surface area contributed by atoms with E-state index in [1.54, 1.807) is 16.8 Å². The second kappa shape index (κ2) is 6.54. The first-order chi connectivity index (χ1) is 13.0. The quantitative estimate of drug-likeness (QED) is 0.500. The van der Waals surface area contributed by atoms with Crippen molar-refractivity contribution < 1.29 is 14.1 Å². The number of nitrogens with zero attached hydrogens (tertiary/aromatic N) is 5. The first-order valence-electron chi connectivity index (χ1n) is 8.04. The summed E-state index contributed by atoms with van der Waals surface area (Å²) in [7, 11) is 1.40. The molecule has 138 valence electrons. The zero-order valence-corrected chi connectivity index (χ0v) is 15.6. The number of ether oxygens (including phenoxy) is 1. The Kier molecular flexibility index (Phi) is 4.19. The molecule has 0 saturated heterocycles. The lowest BCUT2D eigenvalue weighted by Gasteiger charge is -2.14. The van der Waals surface area contributed by atoms with Crippen LogP contribution >= 0.6 is 11.8 Å². The third-order valence-corrected chi connectivity index (χ3v) is 5.09. The topological polar surface area (TPSA) is 109 Å². The van der Waals surface area contributed by atoms with Gasteiger partial charge in [-0.1, -0.05) is 11.8 Å². The Morgan fingerprint density at radius 3 is 2.78 bits per heavy atom. The first-order valence-corrected chi connectivity index (χ1v) is 9.02. The number of hydrogen-bond donors (Lipinski definition) is 0. The maximum absolute atomic E-state index is 11.3. The fourth-order valence-electron chi connectivity index (χ4n) is 2.90. The molecule has 1 aromatic carbocycles. The van der Waals surface area contributed by atoms with Crippen LogP contribution in [0.4, 0.5) is 5.69 Å². The van der Waals surface area contributed by atoms with Crippen molar-refractivity contribution in [2.24, 2.45) is 5.10 Å². The van der Waals surface area contributed by atoms with Gasteiger partial charge in [-0.2, -0.15) is 9.78 Å². The average Bonchev–Trinajstić information content (AvgIpc) is 3.22. The van der Waals surface area contributed by atoms with Crippen LogP contribution in [-0.2, 0) is 0 Å². The molecule has 9 nitrogen and oxygen atoms in total. The van der Waals surface area contributed by atoms with Crippen molar-refractivity contribution in [3.05, 3.63) is 51.5 Å². The maximum atomic E-state index is 11.3. The van der Waals surface area contributed by atoms with Crippen LogP contribution in [0.25, 0.3) is 11.4 Å². The normalized spacial score (nSPS) is 13.2. The standard InChI is InChI=1S/C17H15N5O4S/c1-9-6-12(10(2)26-9)16-18-19-17-21(16)20-13(8-27-17)11-4-5-15(25-3)14(7-11)22(23)24/h4-7H,8H2,1-3H3. The first kappa shape index (κ1) is 17.3. The SMILES string of the molecule is COc1ccc(C2=Nn3c(nnc3-c3cc(C)oc3C)SC2)cc1[N+](=O)[O-]. The van der Waals surface area contributed by atoms with Gasteiger partial charge in [0.15, 0.2) is 11.6 Å². The van der Waals surface area contributed by atoms with Crippen LogP contribution in [-0.4, -0.2) is 38.4 Å². The summed E-state index contributed by atoms with van der Waals surface area (Å²) in [6, 6.07) is 6.69. The van der Waals surface area contributed by atoms with E-state index in [0.717, 1.165) is 17.1 Å². The lowest BCUT2D eigenvalue weighted by molar-refractivity contribution is -0.385. The highest BCUT2D eigenvalue weighted by molar-refractivity contribution is 7.99. The monoisotopic (exact) mass is 385 g/mol. The van der Waals surface area contributed by atoms with Crippen molar-refractivity contribution in [3.8, 4) is 17.1 Å². The van der Waals surface area contributed by atoms with Crippen molar-refractivity contribution in [2.75, 3.05) is 12.9 Å². The van der Waals surface area contributed by atoms with E-state index < -0.39 is 4.92 Å². The van der Waals surface area contributed by atoms with E-state index in [1.807, 2.05) is 19.9 Å². The number of aryl methyl sites for hydroxylation is 2. The highest BCUT2D eigenvalue weighted by Crippen LogP contribution is 2.33. The van der Waals surface area contributed by atoms with Gasteiger partial charge in [0.05, 0.1) is 23.3 Å². The summed E-state index contributed by atoms with van der Waals surface area (Å²) in [5.41, 5.74) is 2.06. The van der Waals surface area contributed by atoms with E-state index in [9.17, 15) is 10.1 Å². The Bertz CT molecular complexity index is 1090. The number of aromatic nitrogens is 3. The van der Waals surface area contributed by atoms with E-state index in [2.05, 4.69) is 15.3 Å². The van der Waals surface area contributed by atoms with Gasteiger partial charge in [-0.3, -0.25) is 10.1 Å². The minimum absolute atomic E-state index is 0.0984. The molecular weight excluding hydrogens is 370 g/mol. The zero-order chi connectivity index (χ0) is 19.1. The summed E-state index contributed by atoms with van der Waals surface area (Å²) in [5, 5.41) is 25.0. The molecule has 4 rings (SSSR count). The molecular formula is C17H15N5O4S. The van der Waals surface area contributed by atoms with E-state index >= 15 is 0 Å². The maximum Gasteiger partial charge on any atom is 0.311 e. The van der Waals surface area contributed by atoms with Gasteiger partial charge in [0.25, 0.3) is 0 Å². The fraction of sp³-hybridized carbons (Fsp3) is 0.235. The molecule has 1 aliphatic rings. The Hall–Kier alpha value is -3.14. The summed E-state index contributed by atoms with van der Waals surface area (Å²) >= 11 is 1.47. The second-order valence-electron chi connectivity index (χ2n) is 5.92. The molecule has 0 bridgehead atoms. The van der Waals surface area contributed by atoms with Crippen LogP contribution in [0.15, 0.2) is 38.9 Å². The van der Waals surface area contributed by atoms with Gasteiger partial charge >= 0.3 is 5.69 Å². The fourth-order valence-corrected chi connectivity index (χ4v) is 3.74. The Balaban J connectivity index is 1.80. The number of fused-ring (bicyclic) bond motifs is 1. The number of furan rings is 1. The predicted molar refractivity (Wildman–Crippen MR) is 99.5 cm³/mol. The lowest BCUT2D eigenvalue weighted by Crippen LogP contribution is -2.14. The predicted octanol–water partition coefficient (Wildman–Crippen LogP) is 3.43. The number of thioether (sulfide) groups is 1. The highest BCUT2D eigenvalue weighted by Gasteiger charge is 2.24. The van der Waals surface area contributed by atoms with Crippen LogP contribution in [0.1, 0.15) is 17.1 Å². The molecule has 0 spiro atoms. The highest BCUT2D eigenvalue weighted by atomic mass is 32.2. The van der Waals surface area contributed by atoms with E-state index in [0.29, 0.717) is 28.0 Å². The van der Waals surface area contributed by atoms with E-state index in [1.165, 1.54) is 24.9 Å². The summed E-state index contributed by atoms with van der Waals surface area (Å²) in [6.07, 6.45) is 0. The van der Waals surface area contributed by atoms with Crippen molar-refractivity contribution >= 4 is 23.2 Å². The van der Waals surface area contributed by atoms with E-state index in [-0.39, 0.29) is 11.4 Å². The Morgan fingerprint density at radius 2 is 2.11 bits per heavy atom. The van der Waals surface area contributed by atoms with Crippen molar-refractivity contribution in [3.63, 3.8) is 0 Å². The summed E-state index contributed by atoms with van der Waals surface area (Å²) < 4.78 is 12.3. The zero-order valence-electron chi connectivity index (χ0n) is 14.8. The average molecular weight is 385 g/mol.